The first-order valence-electron chi connectivity index (χ1n) is 7.50. The Balaban J connectivity index is 1.49. The molecule has 2 aromatic heterocycles. The van der Waals surface area contributed by atoms with Crippen molar-refractivity contribution in [1.29, 1.82) is 0 Å². The highest BCUT2D eigenvalue weighted by Crippen LogP contribution is 2.29. The van der Waals surface area contributed by atoms with Gasteiger partial charge in [0.05, 0.1) is 12.2 Å². The SMILES string of the molecule is O=C(O)c1cn(C2CCN(c3nc(-c4ccccc4)ns3)C2)nn1. The van der Waals surface area contributed by atoms with Crippen molar-refractivity contribution in [2.75, 3.05) is 18.0 Å². The lowest BCUT2D eigenvalue weighted by Crippen LogP contribution is -2.21. The van der Waals surface area contributed by atoms with E-state index in [-0.39, 0.29) is 11.7 Å². The van der Waals surface area contributed by atoms with E-state index in [0.29, 0.717) is 6.54 Å². The van der Waals surface area contributed by atoms with E-state index < -0.39 is 5.97 Å². The molecule has 0 saturated carbocycles. The Morgan fingerprint density at radius 2 is 2.12 bits per heavy atom. The fraction of sp³-hybridized carbons (Fsp3) is 0.267. The largest absolute Gasteiger partial charge is 0.476 e. The lowest BCUT2D eigenvalue weighted by Gasteiger charge is -2.13. The standard InChI is InChI=1S/C15H14N6O2S/c22-14(23)12-9-21(19-17-12)11-6-7-20(8-11)15-16-13(18-24-15)10-4-2-1-3-5-10/h1-5,9,11H,6-8H2,(H,22,23). The molecule has 1 N–H and O–H groups in total. The minimum Gasteiger partial charge on any atom is -0.476 e. The predicted octanol–water partition coefficient (Wildman–Crippen LogP) is 1.95. The summed E-state index contributed by atoms with van der Waals surface area (Å²) in [5, 5.41) is 17.4. The third-order valence-corrected chi connectivity index (χ3v) is 4.76. The van der Waals surface area contributed by atoms with Gasteiger partial charge in [0.2, 0.25) is 5.13 Å². The van der Waals surface area contributed by atoms with Gasteiger partial charge >= 0.3 is 5.97 Å². The summed E-state index contributed by atoms with van der Waals surface area (Å²) < 4.78 is 6.06. The average Bonchev–Trinajstić information content (AvgIpc) is 3.33. The molecule has 0 radical (unpaired) electrons. The van der Waals surface area contributed by atoms with Crippen molar-refractivity contribution >= 4 is 22.6 Å². The molecule has 3 aromatic rings. The summed E-state index contributed by atoms with van der Waals surface area (Å²) in [6.45, 7) is 1.54. The van der Waals surface area contributed by atoms with Crippen molar-refractivity contribution in [2.24, 2.45) is 0 Å². The van der Waals surface area contributed by atoms with Crippen LogP contribution in [0.4, 0.5) is 5.13 Å². The van der Waals surface area contributed by atoms with Gasteiger partial charge in [-0.05, 0) is 6.42 Å². The first kappa shape index (κ1) is 14.8. The van der Waals surface area contributed by atoms with E-state index in [4.69, 9.17) is 5.11 Å². The summed E-state index contributed by atoms with van der Waals surface area (Å²) in [5.74, 6) is -0.333. The number of hydrogen-bond donors (Lipinski definition) is 1. The van der Waals surface area contributed by atoms with Crippen LogP contribution in [0.5, 0.6) is 0 Å². The molecule has 1 saturated heterocycles. The molecular formula is C15H14N6O2S. The number of carboxylic acid groups (broad SMARTS) is 1. The third-order valence-electron chi connectivity index (χ3n) is 3.98. The molecule has 3 heterocycles. The van der Waals surface area contributed by atoms with Crippen molar-refractivity contribution < 1.29 is 9.90 Å². The highest BCUT2D eigenvalue weighted by Gasteiger charge is 2.28. The van der Waals surface area contributed by atoms with Gasteiger partial charge in [0.15, 0.2) is 11.5 Å². The Hall–Kier alpha value is -2.81. The maximum Gasteiger partial charge on any atom is 0.358 e. The number of aromatic carboxylic acids is 1. The van der Waals surface area contributed by atoms with Crippen LogP contribution in [-0.2, 0) is 0 Å². The lowest BCUT2D eigenvalue weighted by molar-refractivity contribution is 0.0690. The maximum absolute atomic E-state index is 10.9. The normalized spacial score (nSPS) is 17.3. The molecule has 4 rings (SSSR count). The van der Waals surface area contributed by atoms with Crippen LogP contribution in [0.1, 0.15) is 23.0 Å². The molecule has 1 unspecified atom stereocenters. The molecule has 0 bridgehead atoms. The topological polar surface area (TPSA) is 97.0 Å². The number of carboxylic acids is 1. The fourth-order valence-corrected chi connectivity index (χ4v) is 3.46. The van der Waals surface area contributed by atoms with Crippen LogP contribution in [0.15, 0.2) is 36.5 Å². The summed E-state index contributed by atoms with van der Waals surface area (Å²) in [6, 6.07) is 9.96. The molecular weight excluding hydrogens is 328 g/mol. The highest BCUT2D eigenvalue weighted by atomic mass is 32.1. The first-order chi connectivity index (χ1) is 11.7. The van der Waals surface area contributed by atoms with Crippen LogP contribution < -0.4 is 4.90 Å². The highest BCUT2D eigenvalue weighted by molar-refractivity contribution is 7.09. The Labute approximate surface area is 141 Å². The van der Waals surface area contributed by atoms with E-state index in [1.165, 1.54) is 17.7 Å². The minimum absolute atomic E-state index is 0.0317. The molecule has 1 aromatic carbocycles. The van der Waals surface area contributed by atoms with Gasteiger partial charge < -0.3 is 10.0 Å². The van der Waals surface area contributed by atoms with E-state index in [1.54, 1.807) is 4.68 Å². The zero-order valence-electron chi connectivity index (χ0n) is 12.6. The summed E-state index contributed by atoms with van der Waals surface area (Å²) in [6.07, 6.45) is 2.34. The van der Waals surface area contributed by atoms with Crippen LogP contribution >= 0.6 is 11.5 Å². The average molecular weight is 342 g/mol. The monoisotopic (exact) mass is 342 g/mol. The van der Waals surface area contributed by atoms with Crippen molar-refractivity contribution in [2.45, 2.75) is 12.5 Å². The first-order valence-corrected chi connectivity index (χ1v) is 8.27. The van der Waals surface area contributed by atoms with E-state index in [9.17, 15) is 4.79 Å². The lowest BCUT2D eigenvalue weighted by atomic mass is 10.2. The molecule has 1 aliphatic rings. The van der Waals surface area contributed by atoms with Crippen LogP contribution in [0.25, 0.3) is 11.4 Å². The maximum atomic E-state index is 10.9. The number of carbonyl (C=O) groups is 1. The zero-order valence-corrected chi connectivity index (χ0v) is 13.4. The van der Waals surface area contributed by atoms with Crippen molar-refractivity contribution in [3.8, 4) is 11.4 Å². The molecule has 0 amide bonds. The Morgan fingerprint density at radius 3 is 2.88 bits per heavy atom. The van der Waals surface area contributed by atoms with Gasteiger partial charge in [0.1, 0.15) is 0 Å². The third kappa shape index (κ3) is 2.73. The number of rotatable bonds is 4. The molecule has 0 spiro atoms. The Bertz CT molecular complexity index is 862. The van der Waals surface area contributed by atoms with Gasteiger partial charge in [-0.15, -0.1) is 5.10 Å². The van der Waals surface area contributed by atoms with Crippen LogP contribution in [0.2, 0.25) is 0 Å². The van der Waals surface area contributed by atoms with Gasteiger partial charge in [-0.3, -0.25) is 0 Å². The Morgan fingerprint density at radius 1 is 1.29 bits per heavy atom. The molecule has 24 heavy (non-hydrogen) atoms. The smallest absolute Gasteiger partial charge is 0.358 e. The van der Waals surface area contributed by atoms with Gasteiger partial charge in [0, 0.05) is 30.2 Å². The quantitative estimate of drug-likeness (QED) is 0.774. The minimum atomic E-state index is -1.06. The Kier molecular flexibility index (Phi) is 3.69. The number of aromatic nitrogens is 5. The summed E-state index contributed by atoms with van der Waals surface area (Å²) in [4.78, 5) is 17.7. The second-order valence-electron chi connectivity index (χ2n) is 5.54. The molecule has 1 fully saturated rings. The van der Waals surface area contributed by atoms with Crippen molar-refractivity contribution in [3.05, 3.63) is 42.2 Å². The zero-order chi connectivity index (χ0) is 16.5. The van der Waals surface area contributed by atoms with E-state index in [0.717, 1.165) is 29.5 Å². The van der Waals surface area contributed by atoms with Crippen molar-refractivity contribution in [1.82, 2.24) is 24.4 Å². The van der Waals surface area contributed by atoms with Gasteiger partial charge in [-0.1, -0.05) is 35.5 Å². The predicted molar refractivity (Wildman–Crippen MR) is 88.2 cm³/mol. The van der Waals surface area contributed by atoms with Crippen LogP contribution in [0, 0.1) is 0 Å². The van der Waals surface area contributed by atoms with Gasteiger partial charge in [-0.2, -0.15) is 9.36 Å². The fourth-order valence-electron chi connectivity index (χ4n) is 2.73. The van der Waals surface area contributed by atoms with E-state index >= 15 is 0 Å². The van der Waals surface area contributed by atoms with Crippen LogP contribution in [0.3, 0.4) is 0 Å². The number of nitrogens with zero attached hydrogens (tertiary/aromatic N) is 6. The second-order valence-corrected chi connectivity index (χ2v) is 6.27. The van der Waals surface area contributed by atoms with Crippen LogP contribution in [-0.4, -0.2) is 48.5 Å². The van der Waals surface area contributed by atoms with Gasteiger partial charge in [-0.25, -0.2) is 9.48 Å². The molecule has 0 aliphatic carbocycles. The molecule has 9 heteroatoms. The number of anilines is 1. The van der Waals surface area contributed by atoms with E-state index in [2.05, 4.69) is 24.6 Å². The molecule has 1 atom stereocenters. The summed E-state index contributed by atoms with van der Waals surface area (Å²) >= 11 is 1.37. The summed E-state index contributed by atoms with van der Waals surface area (Å²) in [5.41, 5.74) is 0.967. The van der Waals surface area contributed by atoms with E-state index in [1.807, 2.05) is 30.3 Å². The molecule has 1 aliphatic heterocycles. The van der Waals surface area contributed by atoms with Gasteiger partial charge in [0.25, 0.3) is 0 Å². The second kappa shape index (κ2) is 6.00. The molecule has 8 nitrogen and oxygen atoms in total. The number of benzene rings is 1. The molecule has 122 valence electrons. The number of hydrogen-bond acceptors (Lipinski definition) is 7. The summed E-state index contributed by atoms with van der Waals surface area (Å²) in [7, 11) is 0. The van der Waals surface area contributed by atoms with Crippen molar-refractivity contribution in [3.63, 3.8) is 0 Å².